The van der Waals surface area contributed by atoms with Crippen molar-refractivity contribution in [2.24, 2.45) is 11.8 Å². The molecule has 2 saturated heterocycles. The molecule has 1 amide bonds. The lowest BCUT2D eigenvalue weighted by Gasteiger charge is -2.13. The van der Waals surface area contributed by atoms with Crippen LogP contribution in [0.25, 0.3) is 0 Å². The fraction of sp³-hybridized carbons (Fsp3) is 0.875. The van der Waals surface area contributed by atoms with E-state index >= 15 is 0 Å². The van der Waals surface area contributed by atoms with Crippen LogP contribution in [-0.2, 0) is 4.79 Å². The van der Waals surface area contributed by atoms with Gasteiger partial charge in [-0.2, -0.15) is 0 Å². The van der Waals surface area contributed by atoms with Crippen LogP contribution < -0.4 is 5.32 Å². The maximum absolute atomic E-state index is 11.0. The lowest BCUT2D eigenvalue weighted by molar-refractivity contribution is -0.128. The Kier molecular flexibility index (Phi) is 2.96. The molecular formula is C8H15ClN2O. The summed E-state index contributed by atoms with van der Waals surface area (Å²) in [6.45, 7) is 5.83. The van der Waals surface area contributed by atoms with Crippen molar-refractivity contribution in [1.82, 2.24) is 10.2 Å². The third-order valence-electron chi connectivity index (χ3n) is 2.83. The lowest BCUT2D eigenvalue weighted by Crippen LogP contribution is -2.29. The minimum atomic E-state index is 0. The highest BCUT2D eigenvalue weighted by atomic mass is 35.5. The van der Waals surface area contributed by atoms with Gasteiger partial charge in [0.25, 0.3) is 0 Å². The minimum absolute atomic E-state index is 0. The smallest absolute Gasteiger partial charge is 0.219 e. The summed E-state index contributed by atoms with van der Waals surface area (Å²) in [4.78, 5) is 13.0. The molecule has 0 aromatic heterocycles. The molecule has 12 heavy (non-hydrogen) atoms. The molecule has 2 heterocycles. The van der Waals surface area contributed by atoms with Crippen molar-refractivity contribution >= 4 is 18.3 Å². The quantitative estimate of drug-likeness (QED) is 0.588. The molecule has 4 heteroatoms. The second-order valence-electron chi connectivity index (χ2n) is 3.60. The van der Waals surface area contributed by atoms with Gasteiger partial charge in [-0.05, 0) is 11.8 Å². The number of fused-ring (bicyclic) bond motifs is 1. The predicted molar refractivity (Wildman–Crippen MR) is 49.4 cm³/mol. The number of amides is 1. The van der Waals surface area contributed by atoms with E-state index in [0.29, 0.717) is 0 Å². The number of carbonyl (C=O) groups excluding carboxylic acids is 1. The third kappa shape index (κ3) is 1.57. The van der Waals surface area contributed by atoms with E-state index in [9.17, 15) is 4.79 Å². The van der Waals surface area contributed by atoms with E-state index in [4.69, 9.17) is 0 Å². The molecule has 2 rings (SSSR count). The zero-order chi connectivity index (χ0) is 7.84. The molecule has 3 nitrogen and oxygen atoms in total. The molecule has 1 N–H and O–H groups in total. The second kappa shape index (κ2) is 3.62. The first-order valence-electron chi connectivity index (χ1n) is 4.23. The summed E-state index contributed by atoms with van der Waals surface area (Å²) in [5, 5.41) is 3.35. The van der Waals surface area contributed by atoms with Crippen LogP contribution >= 0.6 is 12.4 Å². The number of carbonyl (C=O) groups is 1. The number of halogens is 1. The Labute approximate surface area is 78.9 Å². The van der Waals surface area contributed by atoms with Gasteiger partial charge in [-0.1, -0.05) is 0 Å². The SMILES string of the molecule is CC(=O)N1C[C@H]2CNC[C@H]2C1.Cl. The van der Waals surface area contributed by atoms with Crippen LogP contribution in [-0.4, -0.2) is 37.0 Å². The summed E-state index contributed by atoms with van der Waals surface area (Å²) < 4.78 is 0. The molecule has 2 fully saturated rings. The van der Waals surface area contributed by atoms with E-state index in [0.717, 1.165) is 38.0 Å². The highest BCUT2D eigenvalue weighted by Gasteiger charge is 2.36. The molecular weight excluding hydrogens is 176 g/mol. The van der Waals surface area contributed by atoms with Crippen molar-refractivity contribution in [3.8, 4) is 0 Å². The second-order valence-corrected chi connectivity index (χ2v) is 3.60. The van der Waals surface area contributed by atoms with E-state index in [1.165, 1.54) is 0 Å². The molecule has 0 aromatic carbocycles. The first-order chi connectivity index (χ1) is 5.27. The van der Waals surface area contributed by atoms with Crippen LogP contribution in [0.1, 0.15) is 6.92 Å². The summed E-state index contributed by atoms with van der Waals surface area (Å²) in [5.41, 5.74) is 0. The number of hydrogen-bond acceptors (Lipinski definition) is 2. The van der Waals surface area contributed by atoms with Crippen LogP contribution in [0.15, 0.2) is 0 Å². The molecule has 0 aliphatic carbocycles. The van der Waals surface area contributed by atoms with E-state index in [-0.39, 0.29) is 18.3 Å². The van der Waals surface area contributed by atoms with Gasteiger partial charge in [0, 0.05) is 33.1 Å². The fourth-order valence-corrected chi connectivity index (χ4v) is 2.11. The third-order valence-corrected chi connectivity index (χ3v) is 2.83. The van der Waals surface area contributed by atoms with Gasteiger partial charge in [0.15, 0.2) is 0 Å². The van der Waals surface area contributed by atoms with Gasteiger partial charge < -0.3 is 10.2 Å². The van der Waals surface area contributed by atoms with Gasteiger partial charge in [0.2, 0.25) is 5.91 Å². The van der Waals surface area contributed by atoms with Crippen molar-refractivity contribution in [2.45, 2.75) is 6.92 Å². The summed E-state index contributed by atoms with van der Waals surface area (Å²) in [6.07, 6.45) is 0. The zero-order valence-corrected chi connectivity index (χ0v) is 8.06. The topological polar surface area (TPSA) is 32.3 Å². The average Bonchev–Trinajstić information content (AvgIpc) is 2.40. The Morgan fingerprint density at radius 2 is 1.83 bits per heavy atom. The van der Waals surface area contributed by atoms with E-state index in [1.807, 2.05) is 4.90 Å². The predicted octanol–water partition coefficient (Wildman–Crippen LogP) is 0.106. The molecule has 0 unspecified atom stereocenters. The zero-order valence-electron chi connectivity index (χ0n) is 7.25. The molecule has 0 saturated carbocycles. The first-order valence-corrected chi connectivity index (χ1v) is 4.23. The lowest BCUT2D eigenvalue weighted by atomic mass is 10.0. The summed E-state index contributed by atoms with van der Waals surface area (Å²) >= 11 is 0. The number of likely N-dealkylation sites (tertiary alicyclic amines) is 1. The molecule has 2 atom stereocenters. The van der Waals surface area contributed by atoms with Gasteiger partial charge in [-0.25, -0.2) is 0 Å². The standard InChI is InChI=1S/C8H14N2O.ClH/c1-6(11)10-4-7-2-9-3-8(7)5-10;/h7-9H,2-5H2,1H3;1H/t7-,8+;. The van der Waals surface area contributed by atoms with Crippen molar-refractivity contribution in [3.63, 3.8) is 0 Å². The van der Waals surface area contributed by atoms with Crippen LogP contribution in [0.4, 0.5) is 0 Å². The Balaban J connectivity index is 0.000000720. The van der Waals surface area contributed by atoms with E-state index in [2.05, 4.69) is 5.32 Å². The van der Waals surface area contributed by atoms with Crippen LogP contribution in [0.3, 0.4) is 0 Å². The average molecular weight is 191 g/mol. The maximum Gasteiger partial charge on any atom is 0.219 e. The number of hydrogen-bond donors (Lipinski definition) is 1. The van der Waals surface area contributed by atoms with Gasteiger partial charge in [-0.15, -0.1) is 12.4 Å². The van der Waals surface area contributed by atoms with Crippen molar-refractivity contribution in [3.05, 3.63) is 0 Å². The Morgan fingerprint density at radius 3 is 2.25 bits per heavy atom. The highest BCUT2D eigenvalue weighted by Crippen LogP contribution is 2.25. The van der Waals surface area contributed by atoms with Crippen molar-refractivity contribution < 1.29 is 4.79 Å². The monoisotopic (exact) mass is 190 g/mol. The molecule has 0 aromatic rings. The molecule has 2 aliphatic rings. The normalized spacial score (nSPS) is 32.9. The number of rotatable bonds is 0. The Bertz CT molecular complexity index is 174. The highest BCUT2D eigenvalue weighted by molar-refractivity contribution is 5.85. The largest absolute Gasteiger partial charge is 0.342 e. The summed E-state index contributed by atoms with van der Waals surface area (Å²) in [7, 11) is 0. The first kappa shape index (κ1) is 9.81. The van der Waals surface area contributed by atoms with Crippen LogP contribution in [0.5, 0.6) is 0 Å². The summed E-state index contributed by atoms with van der Waals surface area (Å²) in [6, 6.07) is 0. The molecule has 2 aliphatic heterocycles. The van der Waals surface area contributed by atoms with E-state index in [1.54, 1.807) is 6.92 Å². The van der Waals surface area contributed by atoms with Gasteiger partial charge in [0.1, 0.15) is 0 Å². The Morgan fingerprint density at radius 1 is 1.33 bits per heavy atom. The van der Waals surface area contributed by atoms with Crippen molar-refractivity contribution in [2.75, 3.05) is 26.2 Å². The fourth-order valence-electron chi connectivity index (χ4n) is 2.11. The van der Waals surface area contributed by atoms with Crippen molar-refractivity contribution in [1.29, 1.82) is 0 Å². The molecule has 0 spiro atoms. The summed E-state index contributed by atoms with van der Waals surface area (Å²) in [5.74, 6) is 1.71. The molecule has 70 valence electrons. The molecule has 0 bridgehead atoms. The number of nitrogens with one attached hydrogen (secondary N) is 1. The Hall–Kier alpha value is -0.280. The maximum atomic E-state index is 11.0. The van der Waals surface area contributed by atoms with Gasteiger partial charge in [0.05, 0.1) is 0 Å². The van der Waals surface area contributed by atoms with Crippen LogP contribution in [0.2, 0.25) is 0 Å². The van der Waals surface area contributed by atoms with Crippen LogP contribution in [0, 0.1) is 11.8 Å². The minimum Gasteiger partial charge on any atom is -0.342 e. The molecule has 0 radical (unpaired) electrons. The van der Waals surface area contributed by atoms with E-state index < -0.39 is 0 Å². The number of nitrogens with zero attached hydrogens (tertiary/aromatic N) is 1. The van der Waals surface area contributed by atoms with Gasteiger partial charge in [-0.3, -0.25) is 4.79 Å². The van der Waals surface area contributed by atoms with Gasteiger partial charge >= 0.3 is 0 Å².